The second kappa shape index (κ2) is 8.72. The molecular weight excluding hydrogens is 432 g/mol. The van der Waals surface area contributed by atoms with Crippen molar-refractivity contribution in [2.45, 2.75) is 18.8 Å². The van der Waals surface area contributed by atoms with Crippen molar-refractivity contribution >= 4 is 44.2 Å². The summed E-state index contributed by atoms with van der Waals surface area (Å²) in [6, 6.07) is 18.3. The standard InChI is InChI=1S/C26H26N4O2S/c31-26(30-13-15-32-16-14-30)20-17-24(27-21-6-2-1-5-19(20)21)29-11-9-18(10-12-29)25-28-22-7-3-4-8-23(22)33-25/h1-8,17-18H,9-16H2. The molecule has 6 rings (SSSR count). The molecule has 4 heterocycles. The zero-order valence-electron chi connectivity index (χ0n) is 18.4. The smallest absolute Gasteiger partial charge is 0.254 e. The molecule has 2 aromatic carbocycles. The summed E-state index contributed by atoms with van der Waals surface area (Å²) in [6.45, 7) is 4.30. The van der Waals surface area contributed by atoms with Crippen LogP contribution in [0.1, 0.15) is 34.1 Å². The molecule has 168 valence electrons. The molecular formula is C26H26N4O2S. The molecule has 0 saturated carbocycles. The Kier molecular flexibility index (Phi) is 5.44. The average Bonchev–Trinajstić information content (AvgIpc) is 3.33. The number of fused-ring (bicyclic) bond motifs is 2. The molecule has 7 heteroatoms. The molecule has 0 radical (unpaired) electrons. The number of carbonyl (C=O) groups excluding carboxylic acids is 1. The number of morpholine rings is 1. The van der Waals surface area contributed by atoms with Crippen molar-refractivity contribution in [3.63, 3.8) is 0 Å². The van der Waals surface area contributed by atoms with Gasteiger partial charge in [-0.1, -0.05) is 30.3 Å². The summed E-state index contributed by atoms with van der Waals surface area (Å²) in [5.74, 6) is 1.45. The minimum absolute atomic E-state index is 0.0718. The number of benzene rings is 2. The van der Waals surface area contributed by atoms with Crippen LogP contribution in [0, 0.1) is 0 Å². The molecule has 2 saturated heterocycles. The Bertz CT molecular complexity index is 1270. The maximum atomic E-state index is 13.4. The predicted molar refractivity (Wildman–Crippen MR) is 132 cm³/mol. The minimum atomic E-state index is 0.0718. The second-order valence-corrected chi connectivity index (χ2v) is 9.79. The number of rotatable bonds is 3. The van der Waals surface area contributed by atoms with Crippen molar-refractivity contribution in [2.75, 3.05) is 44.3 Å². The normalized spacial score (nSPS) is 17.7. The number of hydrogen-bond donors (Lipinski definition) is 0. The van der Waals surface area contributed by atoms with E-state index in [4.69, 9.17) is 14.7 Å². The highest BCUT2D eigenvalue weighted by atomic mass is 32.1. The molecule has 0 bridgehead atoms. The van der Waals surface area contributed by atoms with E-state index in [1.807, 2.05) is 46.6 Å². The van der Waals surface area contributed by atoms with Gasteiger partial charge in [-0.15, -0.1) is 11.3 Å². The van der Waals surface area contributed by atoms with Gasteiger partial charge in [0.15, 0.2) is 0 Å². The lowest BCUT2D eigenvalue weighted by molar-refractivity contribution is 0.0304. The van der Waals surface area contributed by atoms with Gasteiger partial charge in [-0.25, -0.2) is 9.97 Å². The van der Waals surface area contributed by atoms with Crippen LogP contribution in [0.4, 0.5) is 5.82 Å². The third-order valence-electron chi connectivity index (χ3n) is 6.71. The maximum absolute atomic E-state index is 13.4. The van der Waals surface area contributed by atoms with Crippen LogP contribution in [0.5, 0.6) is 0 Å². The van der Waals surface area contributed by atoms with Crippen molar-refractivity contribution in [3.8, 4) is 0 Å². The summed E-state index contributed by atoms with van der Waals surface area (Å²) in [7, 11) is 0. The zero-order valence-corrected chi connectivity index (χ0v) is 19.3. The topological polar surface area (TPSA) is 58.6 Å². The number of aromatic nitrogens is 2. The quantitative estimate of drug-likeness (QED) is 0.445. The predicted octanol–water partition coefficient (Wildman–Crippen LogP) is 4.70. The van der Waals surface area contributed by atoms with Gasteiger partial charge in [-0.05, 0) is 37.1 Å². The lowest BCUT2D eigenvalue weighted by Gasteiger charge is -2.33. The fraction of sp³-hybridized carbons (Fsp3) is 0.346. The molecule has 2 aliphatic heterocycles. The fourth-order valence-electron chi connectivity index (χ4n) is 4.86. The first-order chi connectivity index (χ1) is 16.3. The maximum Gasteiger partial charge on any atom is 0.254 e. The Morgan fingerprint density at radius 2 is 1.64 bits per heavy atom. The van der Waals surface area contributed by atoms with Crippen LogP contribution < -0.4 is 4.90 Å². The number of hydrogen-bond acceptors (Lipinski definition) is 6. The monoisotopic (exact) mass is 458 g/mol. The van der Waals surface area contributed by atoms with Gasteiger partial charge in [0.1, 0.15) is 5.82 Å². The van der Waals surface area contributed by atoms with Gasteiger partial charge in [0.2, 0.25) is 0 Å². The molecule has 33 heavy (non-hydrogen) atoms. The molecule has 0 N–H and O–H groups in total. The number of ether oxygens (including phenoxy) is 1. The highest BCUT2D eigenvalue weighted by Gasteiger charge is 2.26. The largest absolute Gasteiger partial charge is 0.378 e. The van der Waals surface area contributed by atoms with Crippen LogP contribution in [-0.2, 0) is 4.74 Å². The Labute approximate surface area is 196 Å². The van der Waals surface area contributed by atoms with Crippen LogP contribution in [0.2, 0.25) is 0 Å². The van der Waals surface area contributed by atoms with Crippen LogP contribution in [0.25, 0.3) is 21.1 Å². The Balaban J connectivity index is 1.26. The van der Waals surface area contributed by atoms with Crippen LogP contribution in [-0.4, -0.2) is 60.2 Å². The van der Waals surface area contributed by atoms with Gasteiger partial charge in [0, 0.05) is 37.5 Å². The molecule has 6 nitrogen and oxygen atoms in total. The molecule has 0 aliphatic carbocycles. The number of amides is 1. The van der Waals surface area contributed by atoms with E-state index < -0.39 is 0 Å². The lowest BCUT2D eigenvalue weighted by atomic mass is 9.97. The molecule has 1 amide bonds. The second-order valence-electron chi connectivity index (χ2n) is 8.73. The van der Waals surface area contributed by atoms with Crippen molar-refractivity contribution in [2.24, 2.45) is 0 Å². The van der Waals surface area contributed by atoms with E-state index >= 15 is 0 Å². The number of thiazole rings is 1. The number of pyridine rings is 1. The molecule has 2 fully saturated rings. The lowest BCUT2D eigenvalue weighted by Crippen LogP contribution is -2.41. The molecule has 2 aliphatic rings. The Hall–Kier alpha value is -3.03. The van der Waals surface area contributed by atoms with E-state index in [0.29, 0.717) is 32.2 Å². The third-order valence-corrected chi connectivity index (χ3v) is 7.91. The van der Waals surface area contributed by atoms with Gasteiger partial charge >= 0.3 is 0 Å². The highest BCUT2D eigenvalue weighted by Crippen LogP contribution is 2.35. The van der Waals surface area contributed by atoms with Gasteiger partial charge in [-0.3, -0.25) is 4.79 Å². The molecule has 2 aromatic heterocycles. The Morgan fingerprint density at radius 3 is 2.42 bits per heavy atom. The summed E-state index contributed by atoms with van der Waals surface area (Å²) in [5, 5.41) is 2.16. The molecule has 0 atom stereocenters. The Morgan fingerprint density at radius 1 is 0.909 bits per heavy atom. The van der Waals surface area contributed by atoms with E-state index in [-0.39, 0.29) is 5.91 Å². The van der Waals surface area contributed by atoms with Gasteiger partial charge in [-0.2, -0.15) is 0 Å². The first-order valence-corrected chi connectivity index (χ1v) is 12.4. The number of piperidine rings is 1. The van der Waals surface area contributed by atoms with Crippen molar-refractivity contribution in [1.29, 1.82) is 0 Å². The SMILES string of the molecule is O=C(c1cc(N2CCC(c3nc4ccccc4s3)CC2)nc2ccccc12)N1CCOCC1. The first-order valence-electron chi connectivity index (χ1n) is 11.6. The fourth-order valence-corrected chi connectivity index (χ4v) is 5.99. The first kappa shape index (κ1) is 20.6. The zero-order chi connectivity index (χ0) is 22.2. The van der Waals surface area contributed by atoms with E-state index in [1.54, 1.807) is 0 Å². The summed E-state index contributed by atoms with van der Waals surface area (Å²) in [6.07, 6.45) is 2.09. The van der Waals surface area contributed by atoms with Crippen LogP contribution >= 0.6 is 11.3 Å². The van der Waals surface area contributed by atoms with E-state index in [2.05, 4.69) is 29.2 Å². The minimum Gasteiger partial charge on any atom is -0.378 e. The highest BCUT2D eigenvalue weighted by molar-refractivity contribution is 7.18. The number of nitrogens with zero attached hydrogens (tertiary/aromatic N) is 4. The van der Waals surface area contributed by atoms with Crippen molar-refractivity contribution in [1.82, 2.24) is 14.9 Å². The third kappa shape index (κ3) is 3.96. The molecule has 0 spiro atoms. The number of para-hydroxylation sites is 2. The van der Waals surface area contributed by atoms with E-state index in [0.717, 1.165) is 53.7 Å². The van der Waals surface area contributed by atoms with Gasteiger partial charge < -0.3 is 14.5 Å². The van der Waals surface area contributed by atoms with Crippen molar-refractivity contribution in [3.05, 3.63) is 65.2 Å². The molecule has 0 unspecified atom stereocenters. The van der Waals surface area contributed by atoms with Gasteiger partial charge in [0.25, 0.3) is 5.91 Å². The summed E-state index contributed by atoms with van der Waals surface area (Å²) >= 11 is 1.82. The summed E-state index contributed by atoms with van der Waals surface area (Å²) in [5.41, 5.74) is 2.72. The summed E-state index contributed by atoms with van der Waals surface area (Å²) < 4.78 is 6.70. The molecule has 4 aromatic rings. The van der Waals surface area contributed by atoms with E-state index in [1.165, 1.54) is 9.71 Å². The van der Waals surface area contributed by atoms with Crippen molar-refractivity contribution < 1.29 is 9.53 Å². The number of anilines is 1. The number of carbonyl (C=O) groups is 1. The summed E-state index contributed by atoms with van der Waals surface area (Å²) in [4.78, 5) is 27.4. The van der Waals surface area contributed by atoms with Gasteiger partial charge in [0.05, 0.1) is 39.5 Å². The van der Waals surface area contributed by atoms with E-state index in [9.17, 15) is 4.79 Å². The van der Waals surface area contributed by atoms with Crippen LogP contribution in [0.3, 0.4) is 0 Å². The van der Waals surface area contributed by atoms with Crippen LogP contribution in [0.15, 0.2) is 54.6 Å². The average molecular weight is 459 g/mol.